The van der Waals surface area contributed by atoms with Gasteiger partial charge in [0.05, 0.1) is 6.04 Å². The molecule has 1 aliphatic heterocycles. The minimum absolute atomic E-state index is 0.0533. The molecule has 1 saturated heterocycles. The molecular weight excluding hydrogens is 430 g/mol. The van der Waals surface area contributed by atoms with Crippen molar-refractivity contribution in [3.63, 3.8) is 0 Å². The van der Waals surface area contributed by atoms with Crippen LogP contribution in [0.2, 0.25) is 0 Å². The third-order valence-corrected chi connectivity index (χ3v) is 5.55. The summed E-state index contributed by atoms with van der Waals surface area (Å²) in [6.07, 6.45) is 3.10. The number of hydrogen-bond donors (Lipinski definition) is 6. The molecule has 11 heteroatoms. The molecule has 0 aliphatic carbocycles. The zero-order chi connectivity index (χ0) is 24.4. The number of nitrogens with one attached hydrogen (secondary N) is 2. The Morgan fingerprint density at radius 2 is 1.85 bits per heavy atom. The highest BCUT2D eigenvalue weighted by atomic mass is 16.4. The number of carbonyl (C=O) groups is 4. The highest BCUT2D eigenvalue weighted by Crippen LogP contribution is 2.20. The van der Waals surface area contributed by atoms with Crippen LogP contribution in [0.5, 0.6) is 5.75 Å². The molecule has 3 unspecified atom stereocenters. The number of benzene rings is 1. The van der Waals surface area contributed by atoms with Crippen molar-refractivity contribution in [2.24, 2.45) is 11.5 Å². The number of carboxylic acids is 1. The molecule has 0 radical (unpaired) electrons. The number of carbonyl (C=O) groups excluding carboxylic acids is 3. The first kappa shape index (κ1) is 26.1. The van der Waals surface area contributed by atoms with Crippen LogP contribution in [0, 0.1) is 0 Å². The zero-order valence-electron chi connectivity index (χ0n) is 18.5. The summed E-state index contributed by atoms with van der Waals surface area (Å²) in [5.74, 6) is -2.63. The van der Waals surface area contributed by atoms with Gasteiger partial charge in [0, 0.05) is 13.0 Å². The van der Waals surface area contributed by atoms with Gasteiger partial charge in [0.2, 0.25) is 17.7 Å². The van der Waals surface area contributed by atoms with Crippen LogP contribution in [0.15, 0.2) is 24.3 Å². The van der Waals surface area contributed by atoms with Crippen molar-refractivity contribution >= 4 is 23.7 Å². The average Bonchev–Trinajstić information content (AvgIpc) is 3.28. The molecule has 8 N–H and O–H groups in total. The van der Waals surface area contributed by atoms with E-state index in [-0.39, 0.29) is 18.1 Å². The fraction of sp³-hybridized carbons (Fsp3) is 0.545. The number of amides is 3. The minimum atomic E-state index is -1.21. The van der Waals surface area contributed by atoms with Crippen molar-refractivity contribution in [2.75, 3.05) is 19.6 Å². The fourth-order valence-corrected chi connectivity index (χ4v) is 3.78. The van der Waals surface area contributed by atoms with Crippen LogP contribution >= 0.6 is 0 Å². The molecule has 1 aliphatic rings. The summed E-state index contributed by atoms with van der Waals surface area (Å²) in [5.41, 5.74) is 12.2. The van der Waals surface area contributed by atoms with Crippen LogP contribution in [0.25, 0.3) is 0 Å². The van der Waals surface area contributed by atoms with E-state index in [0.29, 0.717) is 44.3 Å². The van der Waals surface area contributed by atoms with E-state index >= 15 is 0 Å². The molecule has 2 rings (SSSR count). The number of phenolic OH excluding ortho intramolecular Hbond substituents is 1. The van der Waals surface area contributed by atoms with E-state index in [2.05, 4.69) is 10.6 Å². The zero-order valence-corrected chi connectivity index (χ0v) is 18.5. The van der Waals surface area contributed by atoms with E-state index in [9.17, 15) is 24.3 Å². The second-order valence-corrected chi connectivity index (χ2v) is 8.12. The molecule has 182 valence electrons. The molecule has 3 amide bonds. The largest absolute Gasteiger partial charge is 0.508 e. The van der Waals surface area contributed by atoms with Gasteiger partial charge < -0.3 is 37.2 Å². The highest BCUT2D eigenvalue weighted by Gasteiger charge is 2.37. The van der Waals surface area contributed by atoms with Crippen molar-refractivity contribution in [3.8, 4) is 5.75 Å². The molecule has 1 aromatic rings. The van der Waals surface area contributed by atoms with Crippen LogP contribution < -0.4 is 22.1 Å². The van der Waals surface area contributed by atoms with E-state index in [1.54, 1.807) is 12.1 Å². The number of nitrogens with zero attached hydrogens (tertiary/aromatic N) is 1. The molecule has 0 bridgehead atoms. The molecule has 1 aromatic carbocycles. The Bertz CT molecular complexity index is 831. The molecule has 11 nitrogen and oxygen atoms in total. The van der Waals surface area contributed by atoms with Crippen LogP contribution in [-0.4, -0.2) is 76.6 Å². The highest BCUT2D eigenvalue weighted by molar-refractivity contribution is 5.94. The SMILES string of the molecule is NCCCCC(N)C(=O)N1CCCC1C(=O)NC(Cc1ccc(O)cc1)C(=O)NCC(=O)O. The third kappa shape index (κ3) is 8.03. The monoisotopic (exact) mass is 463 g/mol. The minimum Gasteiger partial charge on any atom is -0.508 e. The summed E-state index contributed by atoms with van der Waals surface area (Å²) >= 11 is 0. The Morgan fingerprint density at radius 3 is 2.48 bits per heavy atom. The molecule has 3 atom stereocenters. The van der Waals surface area contributed by atoms with E-state index in [4.69, 9.17) is 16.6 Å². The Labute approximate surface area is 192 Å². The number of rotatable bonds is 12. The number of aliphatic carboxylic acids is 1. The van der Waals surface area contributed by atoms with Gasteiger partial charge >= 0.3 is 5.97 Å². The molecular formula is C22H33N5O6. The number of carboxylic acid groups (broad SMARTS) is 1. The first-order chi connectivity index (χ1) is 15.7. The van der Waals surface area contributed by atoms with Gasteiger partial charge in [-0.1, -0.05) is 18.6 Å². The first-order valence-corrected chi connectivity index (χ1v) is 11.1. The van der Waals surface area contributed by atoms with Crippen molar-refractivity contribution in [1.29, 1.82) is 0 Å². The van der Waals surface area contributed by atoms with Crippen LogP contribution in [-0.2, 0) is 25.6 Å². The second kappa shape index (κ2) is 12.8. The number of unbranched alkanes of at least 4 members (excludes halogenated alkanes) is 1. The topological polar surface area (TPSA) is 188 Å². The van der Waals surface area contributed by atoms with E-state index in [1.807, 2.05) is 0 Å². The molecule has 0 aromatic heterocycles. The summed E-state index contributed by atoms with van der Waals surface area (Å²) in [4.78, 5) is 50.7. The van der Waals surface area contributed by atoms with Gasteiger partial charge in [0.15, 0.2) is 0 Å². The number of nitrogens with two attached hydrogens (primary N) is 2. The Morgan fingerprint density at radius 1 is 1.15 bits per heavy atom. The van der Waals surface area contributed by atoms with Crippen LogP contribution in [0.1, 0.15) is 37.7 Å². The lowest BCUT2D eigenvalue weighted by Gasteiger charge is -2.28. The predicted octanol–water partition coefficient (Wildman–Crippen LogP) is -0.932. The standard InChI is InChI=1S/C22H33N5O6/c23-10-2-1-4-16(24)22(33)27-11-3-5-18(27)21(32)26-17(20(31)25-13-19(29)30)12-14-6-8-15(28)9-7-14/h6-9,16-18,28H,1-5,10-13,23-24H2,(H,25,31)(H,26,32)(H,29,30). The van der Waals surface area contributed by atoms with Crippen LogP contribution in [0.4, 0.5) is 0 Å². The maximum Gasteiger partial charge on any atom is 0.322 e. The van der Waals surface area contributed by atoms with E-state index < -0.39 is 42.5 Å². The summed E-state index contributed by atoms with van der Waals surface area (Å²) < 4.78 is 0. The quantitative estimate of drug-likeness (QED) is 0.214. The van der Waals surface area contributed by atoms with Gasteiger partial charge in [-0.25, -0.2) is 0 Å². The average molecular weight is 464 g/mol. The molecule has 0 saturated carbocycles. The van der Waals surface area contributed by atoms with E-state index in [0.717, 1.165) is 6.42 Å². The maximum absolute atomic E-state index is 13.0. The van der Waals surface area contributed by atoms with Crippen molar-refractivity contribution in [3.05, 3.63) is 29.8 Å². The van der Waals surface area contributed by atoms with Crippen LogP contribution in [0.3, 0.4) is 0 Å². The molecule has 33 heavy (non-hydrogen) atoms. The van der Waals surface area contributed by atoms with Gasteiger partial charge in [-0.2, -0.15) is 0 Å². The van der Waals surface area contributed by atoms with Crippen molar-refractivity contribution in [1.82, 2.24) is 15.5 Å². The van der Waals surface area contributed by atoms with Gasteiger partial charge in [-0.3, -0.25) is 19.2 Å². The summed E-state index contributed by atoms with van der Waals surface area (Å²) in [6.45, 7) is 0.323. The third-order valence-electron chi connectivity index (χ3n) is 5.55. The summed E-state index contributed by atoms with van der Waals surface area (Å²) in [5, 5.41) is 23.3. The second-order valence-electron chi connectivity index (χ2n) is 8.12. The smallest absolute Gasteiger partial charge is 0.322 e. The lowest BCUT2D eigenvalue weighted by Crippen LogP contribution is -2.56. The summed E-state index contributed by atoms with van der Waals surface area (Å²) in [7, 11) is 0. The van der Waals surface area contributed by atoms with E-state index in [1.165, 1.54) is 17.0 Å². The Hall–Kier alpha value is -3.18. The fourth-order valence-electron chi connectivity index (χ4n) is 3.78. The first-order valence-electron chi connectivity index (χ1n) is 11.1. The number of likely N-dealkylation sites (tertiary alicyclic amines) is 1. The van der Waals surface area contributed by atoms with Gasteiger partial charge in [0.1, 0.15) is 24.4 Å². The van der Waals surface area contributed by atoms with Crippen molar-refractivity contribution < 1.29 is 29.4 Å². The van der Waals surface area contributed by atoms with Gasteiger partial charge in [-0.15, -0.1) is 0 Å². The predicted molar refractivity (Wildman–Crippen MR) is 120 cm³/mol. The molecule has 1 fully saturated rings. The molecule has 1 heterocycles. The lowest BCUT2D eigenvalue weighted by molar-refractivity contribution is -0.141. The van der Waals surface area contributed by atoms with Gasteiger partial charge in [0.25, 0.3) is 0 Å². The molecule has 0 spiro atoms. The Balaban J connectivity index is 2.08. The number of phenols is 1. The van der Waals surface area contributed by atoms with Gasteiger partial charge in [-0.05, 0) is 49.9 Å². The maximum atomic E-state index is 13.0. The Kier molecular flexibility index (Phi) is 10.1. The van der Waals surface area contributed by atoms with Crippen molar-refractivity contribution in [2.45, 2.75) is 56.7 Å². The number of hydrogen-bond acceptors (Lipinski definition) is 7. The number of aromatic hydroxyl groups is 1. The lowest BCUT2D eigenvalue weighted by atomic mass is 10.0. The normalized spacial score (nSPS) is 17.3. The summed E-state index contributed by atoms with van der Waals surface area (Å²) in [6, 6.07) is 3.57.